The molecule has 12 heavy (non-hydrogen) atoms. The third-order valence-corrected chi connectivity index (χ3v) is 2.23. The second kappa shape index (κ2) is 4.68. The van der Waals surface area contributed by atoms with Crippen LogP contribution in [-0.4, -0.2) is 5.33 Å². The SMILES string of the molecule is Cc1cc(Cl)ccc1C=CCBr. The molecule has 0 amide bonds. The van der Waals surface area contributed by atoms with Crippen LogP contribution in [0.3, 0.4) is 0 Å². The first kappa shape index (κ1) is 9.82. The second-order valence-corrected chi connectivity index (χ2v) is 3.64. The molecule has 0 aromatic heterocycles. The van der Waals surface area contributed by atoms with Crippen molar-refractivity contribution < 1.29 is 0 Å². The third-order valence-electron chi connectivity index (χ3n) is 1.62. The highest BCUT2D eigenvalue weighted by molar-refractivity contribution is 9.09. The lowest BCUT2D eigenvalue weighted by molar-refractivity contribution is 1.44. The van der Waals surface area contributed by atoms with E-state index in [-0.39, 0.29) is 0 Å². The number of hydrogen-bond acceptors (Lipinski definition) is 0. The average Bonchev–Trinajstić information content (AvgIpc) is 2.03. The molecule has 0 spiro atoms. The minimum atomic E-state index is 0.795. The molecule has 0 saturated heterocycles. The number of alkyl halides is 1. The van der Waals surface area contributed by atoms with Gasteiger partial charge in [0, 0.05) is 10.4 Å². The highest BCUT2D eigenvalue weighted by atomic mass is 79.9. The molecule has 0 atom stereocenters. The van der Waals surface area contributed by atoms with Gasteiger partial charge in [0.2, 0.25) is 0 Å². The Morgan fingerprint density at radius 2 is 2.25 bits per heavy atom. The molecule has 0 N–H and O–H groups in total. The van der Waals surface area contributed by atoms with Crippen LogP contribution in [0.5, 0.6) is 0 Å². The van der Waals surface area contributed by atoms with Gasteiger partial charge in [0.25, 0.3) is 0 Å². The number of rotatable bonds is 2. The van der Waals surface area contributed by atoms with Gasteiger partial charge in [0.15, 0.2) is 0 Å². The monoisotopic (exact) mass is 244 g/mol. The van der Waals surface area contributed by atoms with Gasteiger partial charge < -0.3 is 0 Å². The minimum absolute atomic E-state index is 0.795. The summed E-state index contributed by atoms with van der Waals surface area (Å²) in [4.78, 5) is 0. The highest BCUT2D eigenvalue weighted by Crippen LogP contribution is 2.16. The molecule has 0 aliphatic heterocycles. The number of hydrogen-bond donors (Lipinski definition) is 0. The fourth-order valence-electron chi connectivity index (χ4n) is 0.998. The van der Waals surface area contributed by atoms with Crippen LogP contribution in [0.4, 0.5) is 0 Å². The molecule has 0 bridgehead atoms. The molecule has 64 valence electrons. The van der Waals surface area contributed by atoms with Crippen molar-refractivity contribution in [3.8, 4) is 0 Å². The van der Waals surface area contributed by atoms with E-state index in [4.69, 9.17) is 11.6 Å². The van der Waals surface area contributed by atoms with E-state index in [0.717, 1.165) is 10.4 Å². The molecule has 0 aliphatic carbocycles. The second-order valence-electron chi connectivity index (χ2n) is 2.56. The topological polar surface area (TPSA) is 0 Å². The van der Waals surface area contributed by atoms with Crippen molar-refractivity contribution in [2.24, 2.45) is 0 Å². The van der Waals surface area contributed by atoms with Crippen LogP contribution < -0.4 is 0 Å². The standard InChI is InChI=1S/C10H10BrCl/c1-8-7-10(12)5-4-9(8)3-2-6-11/h2-5,7H,6H2,1H3. The molecule has 0 aliphatic rings. The Hall–Kier alpha value is -0.270. The van der Waals surface area contributed by atoms with E-state index in [1.807, 2.05) is 18.2 Å². The molecule has 0 saturated carbocycles. The Bertz CT molecular complexity index is 292. The highest BCUT2D eigenvalue weighted by Gasteiger charge is 1.93. The van der Waals surface area contributed by atoms with Gasteiger partial charge >= 0.3 is 0 Å². The molecule has 0 nitrogen and oxygen atoms in total. The molecule has 0 unspecified atom stereocenters. The fourth-order valence-corrected chi connectivity index (χ4v) is 1.41. The predicted molar refractivity (Wildman–Crippen MR) is 59.0 cm³/mol. The van der Waals surface area contributed by atoms with Gasteiger partial charge in [0.1, 0.15) is 0 Å². The smallest absolute Gasteiger partial charge is 0.0409 e. The van der Waals surface area contributed by atoms with E-state index in [2.05, 4.69) is 35.0 Å². The summed E-state index contributed by atoms with van der Waals surface area (Å²) in [6.45, 7) is 2.06. The van der Waals surface area contributed by atoms with Crippen molar-refractivity contribution in [1.82, 2.24) is 0 Å². The maximum absolute atomic E-state index is 5.82. The first-order valence-corrected chi connectivity index (χ1v) is 5.22. The van der Waals surface area contributed by atoms with Crippen LogP contribution in [0.2, 0.25) is 5.02 Å². The number of allylic oxidation sites excluding steroid dienone is 1. The Labute approximate surface area is 86.4 Å². The average molecular weight is 246 g/mol. The van der Waals surface area contributed by atoms with Gasteiger partial charge in [-0.25, -0.2) is 0 Å². The van der Waals surface area contributed by atoms with Crippen molar-refractivity contribution in [1.29, 1.82) is 0 Å². The summed E-state index contributed by atoms with van der Waals surface area (Å²) in [5, 5.41) is 1.68. The van der Waals surface area contributed by atoms with Crippen molar-refractivity contribution in [2.75, 3.05) is 5.33 Å². The molecule has 1 aromatic rings. The largest absolute Gasteiger partial charge is 0.0883 e. The van der Waals surface area contributed by atoms with Gasteiger partial charge in [-0.2, -0.15) is 0 Å². The minimum Gasteiger partial charge on any atom is -0.0883 e. The maximum Gasteiger partial charge on any atom is 0.0409 e. The molecule has 0 radical (unpaired) electrons. The van der Waals surface area contributed by atoms with E-state index in [0.29, 0.717) is 0 Å². The lowest BCUT2D eigenvalue weighted by Crippen LogP contribution is -1.79. The van der Waals surface area contributed by atoms with Crippen LogP contribution in [0.15, 0.2) is 24.3 Å². The summed E-state index contributed by atoms with van der Waals surface area (Å²) in [5.74, 6) is 0. The van der Waals surface area contributed by atoms with E-state index in [1.165, 1.54) is 11.1 Å². The van der Waals surface area contributed by atoms with Gasteiger partial charge in [-0.15, -0.1) is 0 Å². The Morgan fingerprint density at radius 1 is 1.50 bits per heavy atom. The third kappa shape index (κ3) is 2.65. The lowest BCUT2D eigenvalue weighted by Gasteiger charge is -1.99. The number of halogens is 2. The summed E-state index contributed by atoms with van der Waals surface area (Å²) in [5.41, 5.74) is 2.43. The van der Waals surface area contributed by atoms with Gasteiger partial charge in [0.05, 0.1) is 0 Å². The van der Waals surface area contributed by atoms with Crippen LogP contribution >= 0.6 is 27.5 Å². The molecule has 2 heteroatoms. The predicted octanol–water partition coefficient (Wildman–Crippen LogP) is 4.06. The zero-order valence-corrected chi connectivity index (χ0v) is 9.19. The van der Waals surface area contributed by atoms with Gasteiger partial charge in [-0.05, 0) is 30.2 Å². The molecule has 1 aromatic carbocycles. The Balaban J connectivity index is 2.94. The Morgan fingerprint density at radius 3 is 2.83 bits per heavy atom. The van der Waals surface area contributed by atoms with Crippen molar-refractivity contribution in [2.45, 2.75) is 6.92 Å². The van der Waals surface area contributed by atoms with Gasteiger partial charge in [-0.3, -0.25) is 0 Å². The van der Waals surface area contributed by atoms with E-state index in [1.54, 1.807) is 0 Å². The molecule has 0 heterocycles. The Kier molecular flexibility index (Phi) is 3.83. The summed E-state index contributed by atoms with van der Waals surface area (Å²) in [7, 11) is 0. The quantitative estimate of drug-likeness (QED) is 0.690. The van der Waals surface area contributed by atoms with Gasteiger partial charge in [-0.1, -0.05) is 45.7 Å². The summed E-state index contributed by atoms with van der Waals surface area (Å²) in [6.07, 6.45) is 4.15. The van der Waals surface area contributed by atoms with Crippen LogP contribution in [0.25, 0.3) is 6.08 Å². The van der Waals surface area contributed by atoms with Crippen molar-refractivity contribution in [3.63, 3.8) is 0 Å². The van der Waals surface area contributed by atoms with E-state index >= 15 is 0 Å². The first-order valence-electron chi connectivity index (χ1n) is 3.72. The maximum atomic E-state index is 5.82. The normalized spacial score (nSPS) is 10.9. The molecule has 0 fully saturated rings. The van der Waals surface area contributed by atoms with E-state index in [9.17, 15) is 0 Å². The van der Waals surface area contributed by atoms with Crippen LogP contribution in [0.1, 0.15) is 11.1 Å². The summed E-state index contributed by atoms with van der Waals surface area (Å²) < 4.78 is 0. The zero-order chi connectivity index (χ0) is 8.97. The molecular weight excluding hydrogens is 235 g/mol. The van der Waals surface area contributed by atoms with Crippen molar-refractivity contribution in [3.05, 3.63) is 40.4 Å². The van der Waals surface area contributed by atoms with Crippen LogP contribution in [-0.2, 0) is 0 Å². The van der Waals surface area contributed by atoms with Crippen LogP contribution in [0, 0.1) is 6.92 Å². The van der Waals surface area contributed by atoms with Crippen molar-refractivity contribution >= 4 is 33.6 Å². The molecule has 1 rings (SSSR count). The fraction of sp³-hybridized carbons (Fsp3) is 0.200. The first-order chi connectivity index (χ1) is 5.74. The number of benzene rings is 1. The lowest BCUT2D eigenvalue weighted by atomic mass is 10.1. The van der Waals surface area contributed by atoms with E-state index < -0.39 is 0 Å². The summed E-state index contributed by atoms with van der Waals surface area (Å²) >= 11 is 9.15. The summed E-state index contributed by atoms with van der Waals surface area (Å²) in [6, 6.07) is 5.90. The zero-order valence-electron chi connectivity index (χ0n) is 6.85. The molecular formula is C10H10BrCl. The number of aryl methyl sites for hydroxylation is 1.